The van der Waals surface area contributed by atoms with Crippen LogP contribution in [0.5, 0.6) is 0 Å². The minimum atomic E-state index is -0.312. The predicted octanol–water partition coefficient (Wildman–Crippen LogP) is 4.47. The smallest absolute Gasteiger partial charge is 0.277 e. The first kappa shape index (κ1) is 17.2. The number of nitrogens with one attached hydrogen (secondary N) is 1. The molecule has 0 atom stereocenters. The van der Waals surface area contributed by atoms with E-state index in [0.29, 0.717) is 16.4 Å². The molecule has 0 aliphatic carbocycles. The summed E-state index contributed by atoms with van der Waals surface area (Å²) in [7, 11) is 0. The van der Waals surface area contributed by atoms with E-state index in [1.807, 2.05) is 36.4 Å². The van der Waals surface area contributed by atoms with Crippen LogP contribution < -0.4 is 5.32 Å². The van der Waals surface area contributed by atoms with E-state index in [-0.39, 0.29) is 11.6 Å². The van der Waals surface area contributed by atoms with Crippen LogP contribution in [-0.4, -0.2) is 25.7 Å². The van der Waals surface area contributed by atoms with Crippen LogP contribution in [0.25, 0.3) is 16.7 Å². The molecule has 4 aromatic rings. The number of para-hydroxylation sites is 2. The van der Waals surface area contributed by atoms with E-state index >= 15 is 0 Å². The second-order valence-corrected chi connectivity index (χ2v) is 7.77. The lowest BCUT2D eigenvalue weighted by atomic mass is 10.2. The SMILES string of the molecule is O=C(Nc1c2c(nn1-c1ccc(Cl)cc1)CSC2)c1cnc2ccccc2n1. The number of amides is 1. The standard InChI is InChI=1S/C20H14ClN5OS/c21-12-5-7-13(8-6-12)26-19(14-10-28-11-18(14)25-26)24-20(27)17-9-22-15-3-1-2-4-16(15)23-17/h1-9H,10-11H2,(H,24,27). The largest absolute Gasteiger partial charge is 0.305 e. The number of carbonyl (C=O) groups excluding carboxylic acids is 1. The number of benzene rings is 2. The van der Waals surface area contributed by atoms with Crippen molar-refractivity contribution < 1.29 is 4.79 Å². The Bertz CT molecular complexity index is 1210. The summed E-state index contributed by atoms with van der Waals surface area (Å²) >= 11 is 7.79. The van der Waals surface area contributed by atoms with E-state index in [4.69, 9.17) is 11.6 Å². The van der Waals surface area contributed by atoms with E-state index in [1.165, 1.54) is 6.20 Å². The van der Waals surface area contributed by atoms with E-state index < -0.39 is 0 Å². The van der Waals surface area contributed by atoms with Gasteiger partial charge in [-0.1, -0.05) is 23.7 Å². The van der Waals surface area contributed by atoms with Crippen LogP contribution in [0.3, 0.4) is 0 Å². The molecular weight excluding hydrogens is 394 g/mol. The van der Waals surface area contributed by atoms with Gasteiger partial charge in [-0.05, 0) is 36.4 Å². The molecule has 1 aliphatic rings. The summed E-state index contributed by atoms with van der Waals surface area (Å²) in [6, 6.07) is 14.8. The number of carbonyl (C=O) groups is 1. The van der Waals surface area contributed by atoms with E-state index in [1.54, 1.807) is 28.6 Å². The number of thioether (sulfide) groups is 1. The highest BCUT2D eigenvalue weighted by Crippen LogP contribution is 2.36. The highest BCUT2D eigenvalue weighted by molar-refractivity contribution is 7.98. The predicted molar refractivity (Wildman–Crippen MR) is 111 cm³/mol. The van der Waals surface area contributed by atoms with Gasteiger partial charge in [0.1, 0.15) is 11.5 Å². The molecule has 0 radical (unpaired) electrons. The lowest BCUT2D eigenvalue weighted by molar-refractivity contribution is 0.102. The Kier molecular flexibility index (Phi) is 4.26. The molecule has 5 rings (SSSR count). The van der Waals surface area contributed by atoms with Crippen LogP contribution in [0, 0.1) is 0 Å². The zero-order chi connectivity index (χ0) is 19.1. The molecule has 0 saturated heterocycles. The fraction of sp³-hybridized carbons (Fsp3) is 0.100. The molecule has 1 amide bonds. The quantitative estimate of drug-likeness (QED) is 0.542. The van der Waals surface area contributed by atoms with Gasteiger partial charge in [0.25, 0.3) is 5.91 Å². The first-order chi connectivity index (χ1) is 13.7. The first-order valence-electron chi connectivity index (χ1n) is 8.66. The molecule has 138 valence electrons. The van der Waals surface area contributed by atoms with Gasteiger partial charge in [-0.2, -0.15) is 16.9 Å². The highest BCUT2D eigenvalue weighted by Gasteiger charge is 2.25. The van der Waals surface area contributed by atoms with Crippen molar-refractivity contribution >= 4 is 46.1 Å². The number of fused-ring (bicyclic) bond motifs is 2. The molecule has 2 aromatic carbocycles. The third-order valence-corrected chi connectivity index (χ3v) is 5.76. The summed E-state index contributed by atoms with van der Waals surface area (Å²) in [5, 5.41) is 8.34. The second-order valence-electron chi connectivity index (χ2n) is 6.35. The minimum absolute atomic E-state index is 0.266. The van der Waals surface area contributed by atoms with Gasteiger partial charge < -0.3 is 5.32 Å². The topological polar surface area (TPSA) is 72.7 Å². The monoisotopic (exact) mass is 407 g/mol. The van der Waals surface area contributed by atoms with Crippen LogP contribution in [0.15, 0.2) is 54.7 Å². The molecule has 0 saturated carbocycles. The maximum absolute atomic E-state index is 12.9. The molecule has 0 spiro atoms. The van der Waals surface area contributed by atoms with Gasteiger partial charge in [-0.3, -0.25) is 9.78 Å². The molecule has 8 heteroatoms. The highest BCUT2D eigenvalue weighted by atomic mass is 35.5. The Morgan fingerprint density at radius 2 is 1.86 bits per heavy atom. The van der Waals surface area contributed by atoms with Gasteiger partial charge in [0.05, 0.1) is 28.6 Å². The molecule has 0 unspecified atom stereocenters. The van der Waals surface area contributed by atoms with Crippen molar-refractivity contribution in [1.29, 1.82) is 0 Å². The molecule has 6 nitrogen and oxygen atoms in total. The lowest BCUT2D eigenvalue weighted by Gasteiger charge is -2.11. The number of hydrogen-bond donors (Lipinski definition) is 1. The van der Waals surface area contributed by atoms with E-state index in [9.17, 15) is 4.79 Å². The normalized spacial score (nSPS) is 12.9. The average molecular weight is 408 g/mol. The maximum Gasteiger partial charge on any atom is 0.277 e. The van der Waals surface area contributed by atoms with Crippen molar-refractivity contribution in [3.63, 3.8) is 0 Å². The van der Waals surface area contributed by atoms with Crippen LogP contribution in [0.1, 0.15) is 21.7 Å². The molecule has 1 N–H and O–H groups in total. The summed E-state index contributed by atoms with van der Waals surface area (Å²) < 4.78 is 1.76. The Labute approximate surface area is 170 Å². The molecule has 28 heavy (non-hydrogen) atoms. The van der Waals surface area contributed by atoms with E-state index in [0.717, 1.165) is 34.0 Å². The van der Waals surface area contributed by atoms with Gasteiger partial charge in [0.2, 0.25) is 0 Å². The number of aromatic nitrogens is 4. The minimum Gasteiger partial charge on any atom is -0.305 e. The molecular formula is C20H14ClN5OS. The van der Waals surface area contributed by atoms with Gasteiger partial charge in [0, 0.05) is 22.1 Å². The molecule has 0 fully saturated rings. The van der Waals surface area contributed by atoms with Crippen molar-refractivity contribution in [2.24, 2.45) is 0 Å². The summed E-state index contributed by atoms with van der Waals surface area (Å²) in [4.78, 5) is 21.7. The first-order valence-corrected chi connectivity index (χ1v) is 10.2. The Morgan fingerprint density at radius 3 is 2.68 bits per heavy atom. The number of nitrogens with zero attached hydrogens (tertiary/aromatic N) is 4. The van der Waals surface area contributed by atoms with Crippen molar-refractivity contribution in [1.82, 2.24) is 19.7 Å². The van der Waals surface area contributed by atoms with Crippen LogP contribution in [0.2, 0.25) is 5.02 Å². The van der Waals surface area contributed by atoms with Crippen molar-refractivity contribution in [2.45, 2.75) is 11.5 Å². The average Bonchev–Trinajstić information content (AvgIpc) is 3.31. The third-order valence-electron chi connectivity index (χ3n) is 4.54. The number of rotatable bonds is 3. The van der Waals surface area contributed by atoms with Gasteiger partial charge >= 0.3 is 0 Å². The zero-order valence-corrected chi connectivity index (χ0v) is 16.2. The second kappa shape index (κ2) is 6.92. The Morgan fingerprint density at radius 1 is 1.07 bits per heavy atom. The molecule has 1 aliphatic heterocycles. The van der Waals surface area contributed by atoms with Crippen LogP contribution in [-0.2, 0) is 11.5 Å². The number of anilines is 1. The summed E-state index contributed by atoms with van der Waals surface area (Å²) in [5.41, 5.74) is 4.57. The van der Waals surface area contributed by atoms with Crippen molar-refractivity contribution in [3.05, 3.63) is 76.7 Å². The lowest BCUT2D eigenvalue weighted by Crippen LogP contribution is -2.17. The Hall–Kier alpha value is -2.90. The molecule has 3 heterocycles. The molecule has 0 bridgehead atoms. The van der Waals surface area contributed by atoms with Crippen LogP contribution in [0.4, 0.5) is 5.82 Å². The maximum atomic E-state index is 12.9. The number of halogens is 1. The molecule has 2 aromatic heterocycles. The van der Waals surface area contributed by atoms with Crippen molar-refractivity contribution in [3.8, 4) is 5.69 Å². The van der Waals surface area contributed by atoms with Crippen molar-refractivity contribution in [2.75, 3.05) is 5.32 Å². The van der Waals surface area contributed by atoms with Gasteiger partial charge in [-0.15, -0.1) is 0 Å². The van der Waals surface area contributed by atoms with Gasteiger partial charge in [-0.25, -0.2) is 9.67 Å². The Balaban J connectivity index is 1.53. The summed E-state index contributed by atoms with van der Waals surface area (Å²) in [6.45, 7) is 0. The summed E-state index contributed by atoms with van der Waals surface area (Å²) in [5.74, 6) is 1.99. The fourth-order valence-corrected chi connectivity index (χ4v) is 4.31. The number of hydrogen-bond acceptors (Lipinski definition) is 5. The fourth-order valence-electron chi connectivity index (χ4n) is 3.15. The summed E-state index contributed by atoms with van der Waals surface area (Å²) in [6.07, 6.45) is 1.50. The zero-order valence-electron chi connectivity index (χ0n) is 14.6. The van der Waals surface area contributed by atoms with Crippen LogP contribution >= 0.6 is 23.4 Å². The van der Waals surface area contributed by atoms with Gasteiger partial charge in [0.15, 0.2) is 0 Å². The van der Waals surface area contributed by atoms with E-state index in [2.05, 4.69) is 20.4 Å². The third kappa shape index (κ3) is 3.02.